The van der Waals surface area contributed by atoms with E-state index in [9.17, 15) is 14.4 Å². The molecule has 0 bridgehead atoms. The van der Waals surface area contributed by atoms with Crippen molar-refractivity contribution >= 4 is 16.8 Å². The van der Waals surface area contributed by atoms with Crippen molar-refractivity contribution in [3.63, 3.8) is 0 Å². The first-order chi connectivity index (χ1) is 15.1. The zero-order chi connectivity index (χ0) is 21.8. The minimum atomic E-state index is -0.426. The van der Waals surface area contributed by atoms with Crippen molar-refractivity contribution in [1.82, 2.24) is 14.0 Å². The summed E-state index contributed by atoms with van der Waals surface area (Å²) >= 11 is 0. The molecule has 1 amide bonds. The largest absolute Gasteiger partial charge is 0.341 e. The van der Waals surface area contributed by atoms with Crippen LogP contribution in [0.25, 0.3) is 10.9 Å². The third-order valence-corrected chi connectivity index (χ3v) is 6.41. The number of nitrogens with zero attached hydrogens (tertiary/aromatic N) is 3. The fraction of sp³-hybridized carbons (Fsp3) is 0.400. The van der Waals surface area contributed by atoms with E-state index in [-0.39, 0.29) is 30.6 Å². The van der Waals surface area contributed by atoms with Gasteiger partial charge in [-0.05, 0) is 37.0 Å². The molecule has 2 aromatic carbocycles. The summed E-state index contributed by atoms with van der Waals surface area (Å²) < 4.78 is 2.73. The Morgan fingerprint density at radius 3 is 2.35 bits per heavy atom. The molecule has 1 heterocycles. The van der Waals surface area contributed by atoms with Crippen molar-refractivity contribution in [3.8, 4) is 0 Å². The van der Waals surface area contributed by atoms with Gasteiger partial charge in [0.1, 0.15) is 6.54 Å². The summed E-state index contributed by atoms with van der Waals surface area (Å²) in [5.74, 6) is -0.0904. The van der Waals surface area contributed by atoms with Crippen LogP contribution in [0.5, 0.6) is 0 Å². The number of hydrogen-bond acceptors (Lipinski definition) is 3. The Morgan fingerprint density at radius 1 is 0.935 bits per heavy atom. The quantitative estimate of drug-likeness (QED) is 0.616. The summed E-state index contributed by atoms with van der Waals surface area (Å²) in [5.41, 5.74) is 0.839. The van der Waals surface area contributed by atoms with Crippen molar-refractivity contribution in [2.75, 3.05) is 7.05 Å². The van der Waals surface area contributed by atoms with Crippen LogP contribution in [-0.2, 0) is 24.3 Å². The van der Waals surface area contributed by atoms with E-state index in [4.69, 9.17) is 0 Å². The number of amides is 1. The molecule has 6 heteroatoms. The Balaban J connectivity index is 1.67. The predicted molar refractivity (Wildman–Crippen MR) is 122 cm³/mol. The molecule has 162 valence electrons. The Morgan fingerprint density at radius 2 is 1.61 bits per heavy atom. The van der Waals surface area contributed by atoms with Gasteiger partial charge in [0.15, 0.2) is 0 Å². The molecule has 6 nitrogen and oxygen atoms in total. The van der Waals surface area contributed by atoms with Crippen molar-refractivity contribution in [1.29, 1.82) is 0 Å². The molecule has 1 fully saturated rings. The van der Waals surface area contributed by atoms with E-state index in [1.54, 1.807) is 29.2 Å². The van der Waals surface area contributed by atoms with E-state index in [2.05, 4.69) is 0 Å². The second-order valence-corrected chi connectivity index (χ2v) is 8.37. The van der Waals surface area contributed by atoms with Crippen LogP contribution in [0.3, 0.4) is 0 Å². The minimum Gasteiger partial charge on any atom is -0.341 e. The van der Waals surface area contributed by atoms with Gasteiger partial charge in [0.25, 0.3) is 5.56 Å². The zero-order valence-electron chi connectivity index (χ0n) is 18.0. The summed E-state index contributed by atoms with van der Waals surface area (Å²) in [6.45, 7) is 0.219. The standard InChI is InChI=1S/C25H29N3O3/c1-26(20-12-6-3-7-13-20)23(29)18-28-22-15-9-8-14-21(22)24(30)27(25(28)31)17-16-19-10-4-2-5-11-19/h2,4-5,8-11,14-15,20H,3,6-7,12-13,16-18H2,1H3. The van der Waals surface area contributed by atoms with Crippen LogP contribution < -0.4 is 11.2 Å². The first kappa shape index (κ1) is 21.1. The predicted octanol–water partition coefficient (Wildman–Crippen LogP) is 3.20. The number of aromatic nitrogens is 2. The maximum absolute atomic E-state index is 13.3. The Bertz CT molecular complexity index is 1170. The van der Waals surface area contributed by atoms with Gasteiger partial charge in [-0.3, -0.25) is 18.7 Å². The molecule has 1 saturated carbocycles. The van der Waals surface area contributed by atoms with Crippen LogP contribution in [0.2, 0.25) is 0 Å². The monoisotopic (exact) mass is 419 g/mol. The van der Waals surface area contributed by atoms with Gasteiger partial charge in [0, 0.05) is 19.6 Å². The average molecular weight is 420 g/mol. The average Bonchev–Trinajstić information content (AvgIpc) is 2.82. The molecule has 0 unspecified atom stereocenters. The van der Waals surface area contributed by atoms with Crippen molar-refractivity contribution in [3.05, 3.63) is 81.0 Å². The number of fused-ring (bicyclic) bond motifs is 1. The van der Waals surface area contributed by atoms with Gasteiger partial charge in [-0.15, -0.1) is 0 Å². The second-order valence-electron chi connectivity index (χ2n) is 8.37. The highest BCUT2D eigenvalue weighted by Crippen LogP contribution is 2.22. The summed E-state index contributed by atoms with van der Waals surface area (Å²) in [7, 11) is 1.83. The number of carbonyl (C=O) groups excluding carboxylic acids is 1. The van der Waals surface area contributed by atoms with Crippen LogP contribution in [0.15, 0.2) is 64.2 Å². The molecule has 0 aliphatic heterocycles. The highest BCUT2D eigenvalue weighted by atomic mass is 16.2. The molecule has 3 aromatic rings. The molecule has 0 N–H and O–H groups in total. The highest BCUT2D eigenvalue weighted by Gasteiger charge is 2.23. The van der Waals surface area contributed by atoms with E-state index in [1.807, 2.05) is 37.4 Å². The zero-order valence-corrected chi connectivity index (χ0v) is 18.0. The van der Waals surface area contributed by atoms with Crippen LogP contribution in [0, 0.1) is 0 Å². The molecule has 1 aliphatic carbocycles. The molecule has 0 spiro atoms. The highest BCUT2D eigenvalue weighted by molar-refractivity contribution is 5.81. The lowest BCUT2D eigenvalue weighted by atomic mass is 9.94. The van der Waals surface area contributed by atoms with Crippen molar-refractivity contribution < 1.29 is 4.79 Å². The van der Waals surface area contributed by atoms with Crippen LogP contribution in [0.1, 0.15) is 37.7 Å². The summed E-state index contributed by atoms with van der Waals surface area (Å²) in [6.07, 6.45) is 6.08. The van der Waals surface area contributed by atoms with Gasteiger partial charge >= 0.3 is 5.69 Å². The van der Waals surface area contributed by atoms with Crippen LogP contribution in [-0.4, -0.2) is 33.0 Å². The second kappa shape index (κ2) is 9.33. The molecule has 4 rings (SSSR count). The molecule has 31 heavy (non-hydrogen) atoms. The van der Waals surface area contributed by atoms with Crippen LogP contribution >= 0.6 is 0 Å². The summed E-state index contributed by atoms with van der Waals surface area (Å²) in [5, 5.41) is 0.461. The Kier molecular flexibility index (Phi) is 6.35. The molecule has 0 atom stereocenters. The molecular weight excluding hydrogens is 390 g/mol. The maximum atomic E-state index is 13.3. The van der Waals surface area contributed by atoms with E-state index in [1.165, 1.54) is 15.6 Å². The molecule has 0 radical (unpaired) electrons. The van der Waals surface area contributed by atoms with Crippen molar-refractivity contribution in [2.24, 2.45) is 0 Å². The molecule has 0 saturated heterocycles. The van der Waals surface area contributed by atoms with Gasteiger partial charge in [-0.2, -0.15) is 0 Å². The van der Waals surface area contributed by atoms with E-state index < -0.39 is 5.69 Å². The third kappa shape index (κ3) is 4.48. The van der Waals surface area contributed by atoms with E-state index in [0.29, 0.717) is 17.3 Å². The smallest absolute Gasteiger partial charge is 0.331 e. The lowest BCUT2D eigenvalue weighted by Crippen LogP contribution is -2.45. The number of hydrogen-bond donors (Lipinski definition) is 0. The van der Waals surface area contributed by atoms with E-state index >= 15 is 0 Å². The maximum Gasteiger partial charge on any atom is 0.331 e. The normalized spacial score (nSPS) is 14.6. The lowest BCUT2D eigenvalue weighted by Gasteiger charge is -2.31. The van der Waals surface area contributed by atoms with Gasteiger partial charge in [0.2, 0.25) is 5.91 Å². The third-order valence-electron chi connectivity index (χ3n) is 6.41. The summed E-state index contributed by atoms with van der Waals surface area (Å²) in [4.78, 5) is 41.2. The number of aryl methyl sites for hydroxylation is 1. The van der Waals surface area contributed by atoms with E-state index in [0.717, 1.165) is 31.2 Å². The van der Waals surface area contributed by atoms with Gasteiger partial charge < -0.3 is 4.90 Å². The van der Waals surface area contributed by atoms with Gasteiger partial charge in [-0.25, -0.2) is 4.79 Å². The first-order valence-corrected chi connectivity index (χ1v) is 11.1. The lowest BCUT2D eigenvalue weighted by molar-refractivity contribution is -0.133. The molecule has 1 aliphatic rings. The number of carbonyl (C=O) groups is 1. The number of para-hydroxylation sites is 1. The van der Waals surface area contributed by atoms with Crippen LogP contribution in [0.4, 0.5) is 0 Å². The Labute approximate surface area is 181 Å². The fourth-order valence-corrected chi connectivity index (χ4v) is 4.53. The fourth-order valence-electron chi connectivity index (χ4n) is 4.53. The first-order valence-electron chi connectivity index (χ1n) is 11.1. The molecule has 1 aromatic heterocycles. The van der Waals surface area contributed by atoms with Gasteiger partial charge in [-0.1, -0.05) is 61.7 Å². The SMILES string of the molecule is CN(C(=O)Cn1c(=O)n(CCc2ccccc2)c(=O)c2ccccc21)C1CCCCC1. The topological polar surface area (TPSA) is 64.3 Å². The minimum absolute atomic E-state index is 0.0576. The number of rotatable bonds is 6. The number of likely N-dealkylation sites (N-methyl/N-ethyl adjacent to an activating group) is 1. The Hall–Kier alpha value is -3.15. The van der Waals surface area contributed by atoms with Crippen molar-refractivity contribution in [2.45, 2.75) is 57.7 Å². The summed E-state index contributed by atoms with van der Waals surface area (Å²) in [6, 6.07) is 17.1. The molecular formula is C25H29N3O3. The van der Waals surface area contributed by atoms with Gasteiger partial charge in [0.05, 0.1) is 10.9 Å². The number of benzene rings is 2.